The molecule has 0 radical (unpaired) electrons. The molecule has 6 heteroatoms. The topological polar surface area (TPSA) is 55.6 Å². The van der Waals surface area contributed by atoms with E-state index in [9.17, 15) is 4.79 Å². The van der Waals surface area contributed by atoms with Gasteiger partial charge in [-0.3, -0.25) is 4.79 Å². The van der Waals surface area contributed by atoms with Crippen molar-refractivity contribution >= 4 is 34.2 Å². The van der Waals surface area contributed by atoms with Crippen molar-refractivity contribution in [1.82, 2.24) is 4.90 Å². The zero-order valence-electron chi connectivity index (χ0n) is 9.84. The van der Waals surface area contributed by atoms with Crippen LogP contribution in [0.1, 0.15) is 10.4 Å². The number of halogens is 2. The lowest BCUT2D eigenvalue weighted by Crippen LogP contribution is -2.48. The molecule has 1 amide bonds. The third-order valence-corrected chi connectivity index (χ3v) is 3.48. The fourth-order valence-corrected chi connectivity index (χ4v) is 2.31. The fraction of sp³-hybridized carbons (Fsp3) is 0.417. The van der Waals surface area contributed by atoms with Gasteiger partial charge in [-0.1, -0.05) is 12.1 Å². The van der Waals surface area contributed by atoms with Crippen LogP contribution in [0.3, 0.4) is 0 Å². The summed E-state index contributed by atoms with van der Waals surface area (Å²) in [6.45, 7) is 2.19. The molecule has 1 atom stereocenters. The van der Waals surface area contributed by atoms with E-state index >= 15 is 0 Å². The van der Waals surface area contributed by atoms with Gasteiger partial charge in [0.05, 0.1) is 18.3 Å². The highest BCUT2D eigenvalue weighted by molar-refractivity contribution is 9.10. The molecule has 0 saturated carbocycles. The normalized spacial score (nSPS) is 19.2. The average Bonchev–Trinajstić information content (AvgIpc) is 2.38. The molecule has 1 aliphatic heterocycles. The Kier molecular flexibility index (Phi) is 6.08. The van der Waals surface area contributed by atoms with Gasteiger partial charge in [-0.25, -0.2) is 0 Å². The summed E-state index contributed by atoms with van der Waals surface area (Å²) in [5.41, 5.74) is 6.25. The number of rotatable bonds is 2. The number of amides is 1. The third-order valence-electron chi connectivity index (χ3n) is 2.79. The van der Waals surface area contributed by atoms with Crippen LogP contribution in [0.15, 0.2) is 28.7 Å². The molecule has 1 heterocycles. The molecule has 0 aromatic heterocycles. The lowest BCUT2D eigenvalue weighted by atomic mass is 10.1. The van der Waals surface area contributed by atoms with Crippen LogP contribution < -0.4 is 5.73 Å². The first-order valence-electron chi connectivity index (χ1n) is 5.58. The predicted octanol–water partition coefficient (Wildman–Crippen LogP) is 1.67. The first-order chi connectivity index (χ1) is 8.22. The van der Waals surface area contributed by atoms with Crippen molar-refractivity contribution in [3.05, 3.63) is 34.3 Å². The van der Waals surface area contributed by atoms with Crippen molar-refractivity contribution in [1.29, 1.82) is 0 Å². The van der Waals surface area contributed by atoms with E-state index in [4.69, 9.17) is 10.5 Å². The van der Waals surface area contributed by atoms with Crippen molar-refractivity contribution in [3.63, 3.8) is 0 Å². The fourth-order valence-electron chi connectivity index (χ4n) is 1.85. The smallest absolute Gasteiger partial charge is 0.255 e. The second-order valence-electron chi connectivity index (χ2n) is 3.96. The summed E-state index contributed by atoms with van der Waals surface area (Å²) in [6.07, 6.45) is -0.0461. The van der Waals surface area contributed by atoms with Crippen LogP contribution >= 0.6 is 28.3 Å². The van der Waals surface area contributed by atoms with Crippen molar-refractivity contribution in [3.8, 4) is 0 Å². The molecule has 1 aliphatic rings. The monoisotopic (exact) mass is 334 g/mol. The SMILES string of the molecule is Cl.NCC1CN(C(=O)c2ccccc2Br)CCO1. The standard InChI is InChI=1S/C12H15BrN2O2.ClH/c13-11-4-2-1-3-10(11)12(16)15-5-6-17-9(7-14)8-15;/h1-4,9H,5-8,14H2;1H. The molecule has 18 heavy (non-hydrogen) atoms. The van der Waals surface area contributed by atoms with Gasteiger partial charge in [0.2, 0.25) is 0 Å². The van der Waals surface area contributed by atoms with E-state index in [1.165, 1.54) is 0 Å². The van der Waals surface area contributed by atoms with Crippen LogP contribution in [0, 0.1) is 0 Å². The molecule has 1 aromatic carbocycles. The Morgan fingerprint density at radius 2 is 2.22 bits per heavy atom. The zero-order chi connectivity index (χ0) is 12.3. The number of carbonyl (C=O) groups excluding carboxylic acids is 1. The van der Waals surface area contributed by atoms with Crippen LogP contribution in [0.2, 0.25) is 0 Å². The molecule has 2 rings (SSSR count). The molecule has 1 fully saturated rings. The highest BCUT2D eigenvalue weighted by Crippen LogP contribution is 2.19. The summed E-state index contributed by atoms with van der Waals surface area (Å²) in [5, 5.41) is 0. The summed E-state index contributed by atoms with van der Waals surface area (Å²) in [4.78, 5) is 14.1. The molecule has 100 valence electrons. The number of ether oxygens (including phenoxy) is 1. The molecular weight excluding hydrogens is 320 g/mol. The molecule has 0 spiro atoms. The van der Waals surface area contributed by atoms with Crippen molar-refractivity contribution in [2.45, 2.75) is 6.10 Å². The number of hydrogen-bond acceptors (Lipinski definition) is 3. The molecular formula is C12H16BrClN2O2. The molecule has 0 bridgehead atoms. The van der Waals surface area contributed by atoms with E-state index in [1.807, 2.05) is 24.3 Å². The molecule has 2 N–H and O–H groups in total. The number of benzene rings is 1. The quantitative estimate of drug-likeness (QED) is 0.894. The number of carbonyl (C=O) groups is 1. The van der Waals surface area contributed by atoms with Crippen LogP contribution in [-0.4, -0.2) is 43.2 Å². The maximum atomic E-state index is 12.3. The van der Waals surface area contributed by atoms with Gasteiger partial charge in [-0.2, -0.15) is 0 Å². The Balaban J connectivity index is 0.00000162. The van der Waals surface area contributed by atoms with Crippen LogP contribution in [-0.2, 0) is 4.74 Å². The van der Waals surface area contributed by atoms with Gasteiger partial charge in [-0.15, -0.1) is 12.4 Å². The Labute approximate surface area is 121 Å². The summed E-state index contributed by atoms with van der Waals surface area (Å²) in [7, 11) is 0. The van der Waals surface area contributed by atoms with Gasteiger partial charge in [0.15, 0.2) is 0 Å². The van der Waals surface area contributed by atoms with E-state index in [1.54, 1.807) is 4.90 Å². The predicted molar refractivity (Wildman–Crippen MR) is 76.1 cm³/mol. The minimum Gasteiger partial charge on any atom is -0.373 e. The van der Waals surface area contributed by atoms with Crippen LogP contribution in [0.5, 0.6) is 0 Å². The largest absolute Gasteiger partial charge is 0.373 e. The number of morpholine rings is 1. The maximum Gasteiger partial charge on any atom is 0.255 e. The average molecular weight is 336 g/mol. The first-order valence-corrected chi connectivity index (χ1v) is 6.37. The van der Waals surface area contributed by atoms with Crippen molar-refractivity contribution in [2.75, 3.05) is 26.2 Å². The Morgan fingerprint density at radius 3 is 2.89 bits per heavy atom. The summed E-state index contributed by atoms with van der Waals surface area (Å²) >= 11 is 3.39. The molecule has 1 aromatic rings. The Hall–Kier alpha value is -0.620. The van der Waals surface area contributed by atoms with E-state index < -0.39 is 0 Å². The van der Waals surface area contributed by atoms with E-state index in [-0.39, 0.29) is 24.4 Å². The van der Waals surface area contributed by atoms with E-state index in [2.05, 4.69) is 15.9 Å². The first kappa shape index (κ1) is 15.4. The molecule has 1 saturated heterocycles. The lowest BCUT2D eigenvalue weighted by Gasteiger charge is -2.32. The number of hydrogen-bond donors (Lipinski definition) is 1. The van der Waals surface area contributed by atoms with E-state index in [0.29, 0.717) is 31.8 Å². The summed E-state index contributed by atoms with van der Waals surface area (Å²) < 4.78 is 6.26. The van der Waals surface area contributed by atoms with Gasteiger partial charge in [-0.05, 0) is 28.1 Å². The highest BCUT2D eigenvalue weighted by Gasteiger charge is 2.24. The second kappa shape index (κ2) is 7.09. The number of nitrogens with two attached hydrogens (primary N) is 1. The second-order valence-corrected chi connectivity index (χ2v) is 4.81. The molecule has 1 unspecified atom stereocenters. The molecule has 4 nitrogen and oxygen atoms in total. The van der Waals surface area contributed by atoms with Crippen molar-refractivity contribution in [2.24, 2.45) is 5.73 Å². The Bertz CT molecular complexity index is 417. The van der Waals surface area contributed by atoms with Crippen LogP contribution in [0.4, 0.5) is 0 Å². The van der Waals surface area contributed by atoms with Gasteiger partial charge in [0.25, 0.3) is 5.91 Å². The maximum absolute atomic E-state index is 12.3. The lowest BCUT2D eigenvalue weighted by molar-refractivity contribution is -0.0167. The van der Waals surface area contributed by atoms with Gasteiger partial charge in [0.1, 0.15) is 0 Å². The minimum atomic E-state index is -0.0461. The van der Waals surface area contributed by atoms with Gasteiger partial charge in [0, 0.05) is 24.1 Å². The Morgan fingerprint density at radius 1 is 1.50 bits per heavy atom. The van der Waals surface area contributed by atoms with E-state index in [0.717, 1.165) is 4.47 Å². The van der Waals surface area contributed by atoms with Gasteiger partial charge < -0.3 is 15.4 Å². The summed E-state index contributed by atoms with van der Waals surface area (Å²) in [5.74, 6) is 0.0271. The number of nitrogens with zero attached hydrogens (tertiary/aromatic N) is 1. The van der Waals surface area contributed by atoms with Gasteiger partial charge >= 0.3 is 0 Å². The van der Waals surface area contributed by atoms with Crippen molar-refractivity contribution < 1.29 is 9.53 Å². The van der Waals surface area contributed by atoms with Crippen LogP contribution in [0.25, 0.3) is 0 Å². The summed E-state index contributed by atoms with van der Waals surface area (Å²) in [6, 6.07) is 7.44. The third kappa shape index (κ3) is 3.45. The highest BCUT2D eigenvalue weighted by atomic mass is 79.9. The zero-order valence-corrected chi connectivity index (χ0v) is 12.2. The molecule has 0 aliphatic carbocycles. The minimum absolute atomic E-state index is 0.